The minimum Gasteiger partial charge on any atom is -0.493 e. The molecule has 0 heterocycles. The normalized spacial score (nSPS) is 20.6. The monoisotopic (exact) mass is 650 g/mol. The second-order valence-corrected chi connectivity index (χ2v) is 16.9. The van der Waals surface area contributed by atoms with E-state index in [0.717, 1.165) is 5.56 Å². The van der Waals surface area contributed by atoms with Gasteiger partial charge in [-0.15, -0.1) is 0 Å². The highest BCUT2D eigenvalue weighted by molar-refractivity contribution is 6.69. The van der Waals surface area contributed by atoms with Crippen LogP contribution in [0.1, 0.15) is 46.1 Å². The second-order valence-electron chi connectivity index (χ2n) is 12.4. The molecule has 0 aromatic heterocycles. The number of carbonyl (C=O) groups is 3. The molecule has 0 spiro atoms. The Labute approximate surface area is 267 Å². The molecule has 45 heavy (non-hydrogen) atoms. The van der Waals surface area contributed by atoms with Crippen molar-refractivity contribution >= 4 is 26.0 Å². The molecule has 1 aromatic rings. The van der Waals surface area contributed by atoms with Gasteiger partial charge >= 0.3 is 11.9 Å². The molecule has 0 saturated carbocycles. The summed E-state index contributed by atoms with van der Waals surface area (Å²) in [6.07, 6.45) is 4.54. The lowest BCUT2D eigenvalue weighted by molar-refractivity contribution is -0.246. The van der Waals surface area contributed by atoms with Crippen LogP contribution in [0.4, 0.5) is 0 Å². The lowest BCUT2D eigenvalue weighted by Crippen LogP contribution is -2.50. The third-order valence-electron chi connectivity index (χ3n) is 7.23. The molecule has 252 valence electrons. The van der Waals surface area contributed by atoms with E-state index >= 15 is 0 Å². The highest BCUT2D eigenvalue weighted by Crippen LogP contribution is 2.41. The van der Waals surface area contributed by atoms with Crippen molar-refractivity contribution in [2.75, 3.05) is 27.9 Å². The Balaban J connectivity index is 2.38. The molecular weight excluding hydrogens is 600 g/mol. The molecule has 1 N–H and O–H groups in total. The topological polar surface area (TPSA) is 136 Å². The number of ether oxygens (including phenoxy) is 6. The molecule has 0 saturated heterocycles. The Hall–Kier alpha value is -3.03. The number of allylic oxidation sites excluding steroid dienone is 1. The van der Waals surface area contributed by atoms with E-state index in [1.807, 2.05) is 37.8 Å². The van der Waals surface area contributed by atoms with Crippen LogP contribution in [0.2, 0.25) is 19.6 Å². The van der Waals surface area contributed by atoms with Crippen LogP contribution in [0.25, 0.3) is 0 Å². The third-order valence-corrected chi connectivity index (χ3v) is 8.22. The van der Waals surface area contributed by atoms with Gasteiger partial charge < -0.3 is 38.0 Å². The summed E-state index contributed by atoms with van der Waals surface area (Å²) in [6.45, 7) is 11.6. The summed E-state index contributed by atoms with van der Waals surface area (Å²) in [5.74, 6) is -2.22. The molecule has 2 rings (SSSR count). The van der Waals surface area contributed by atoms with Crippen LogP contribution in [-0.2, 0) is 44.2 Å². The molecule has 1 aliphatic rings. The van der Waals surface area contributed by atoms with Gasteiger partial charge in [0.1, 0.15) is 18.8 Å². The quantitative estimate of drug-likeness (QED) is 0.104. The van der Waals surface area contributed by atoms with Gasteiger partial charge in [-0.1, -0.05) is 12.1 Å². The Morgan fingerprint density at radius 2 is 1.71 bits per heavy atom. The summed E-state index contributed by atoms with van der Waals surface area (Å²) in [6, 6.07) is 5.74. The first-order valence-electron chi connectivity index (χ1n) is 15.0. The lowest BCUT2D eigenvalue weighted by Gasteiger charge is -2.40. The van der Waals surface area contributed by atoms with E-state index in [-0.39, 0.29) is 12.4 Å². The minimum atomic E-state index is -2.23. The maximum atomic E-state index is 13.3. The smallest absolute Gasteiger partial charge is 0.303 e. The number of aliphatic hydroxyl groups is 1. The Morgan fingerprint density at radius 1 is 1.04 bits per heavy atom. The number of methoxy groups -OCH3 is 3. The van der Waals surface area contributed by atoms with E-state index < -0.39 is 55.9 Å². The molecular formula is C33H50O11Si. The number of benzene rings is 1. The van der Waals surface area contributed by atoms with E-state index in [1.54, 1.807) is 34.1 Å². The summed E-state index contributed by atoms with van der Waals surface area (Å²) in [7, 11) is 2.39. The Bertz CT molecular complexity index is 1220. The Morgan fingerprint density at radius 3 is 2.27 bits per heavy atom. The van der Waals surface area contributed by atoms with E-state index in [4.69, 9.17) is 32.8 Å². The van der Waals surface area contributed by atoms with Crippen LogP contribution >= 0.6 is 0 Å². The predicted molar refractivity (Wildman–Crippen MR) is 171 cm³/mol. The zero-order valence-electron chi connectivity index (χ0n) is 28.2. The third kappa shape index (κ3) is 11.7. The highest BCUT2D eigenvalue weighted by atomic mass is 28.4. The van der Waals surface area contributed by atoms with Crippen LogP contribution < -0.4 is 9.47 Å². The zero-order chi connectivity index (χ0) is 34.0. The molecule has 1 aliphatic carbocycles. The summed E-state index contributed by atoms with van der Waals surface area (Å²) in [5, 5.41) is 11.5. The first-order chi connectivity index (χ1) is 21.0. The van der Waals surface area contributed by atoms with Crippen molar-refractivity contribution in [1.82, 2.24) is 0 Å². The molecule has 1 aromatic carbocycles. The number of aliphatic hydroxyl groups excluding tert-OH is 1. The fourth-order valence-corrected chi connectivity index (χ4v) is 6.70. The molecule has 0 fully saturated rings. The predicted octanol–water partition coefficient (Wildman–Crippen LogP) is 4.55. The van der Waals surface area contributed by atoms with Crippen molar-refractivity contribution < 1.29 is 52.3 Å². The fraction of sp³-hybridized carbons (Fsp3) is 0.606. The summed E-state index contributed by atoms with van der Waals surface area (Å²) in [5.41, 5.74) is -0.0204. The van der Waals surface area contributed by atoms with E-state index in [0.29, 0.717) is 30.8 Å². The molecule has 0 bridgehead atoms. The number of hydrogen-bond acceptors (Lipinski definition) is 11. The van der Waals surface area contributed by atoms with Crippen molar-refractivity contribution in [1.29, 1.82) is 0 Å². The summed E-state index contributed by atoms with van der Waals surface area (Å²) in [4.78, 5) is 36.9. The van der Waals surface area contributed by atoms with Crippen LogP contribution in [0.15, 0.2) is 42.5 Å². The molecule has 3 unspecified atom stereocenters. The molecule has 0 aliphatic heterocycles. The van der Waals surface area contributed by atoms with Crippen molar-refractivity contribution in [2.45, 2.75) is 96.3 Å². The molecule has 12 heteroatoms. The zero-order valence-corrected chi connectivity index (χ0v) is 29.2. The Kier molecular flexibility index (Phi) is 14.0. The van der Waals surface area contributed by atoms with Gasteiger partial charge in [-0.25, -0.2) is 0 Å². The SMILES string of the molecule is COc1ccc(CCCC2(O[Si](C)(C)C)C=CC(=O)C2C(O)C=C[C@H](OC(C)=O)[C@@H](COC(C)=O)OC(C)(C)OC)cc1OC. The van der Waals surface area contributed by atoms with Crippen molar-refractivity contribution in [3.05, 3.63) is 48.1 Å². The molecule has 0 amide bonds. The van der Waals surface area contributed by atoms with Crippen molar-refractivity contribution in [2.24, 2.45) is 5.92 Å². The number of aryl methyl sites for hydroxylation is 1. The summed E-state index contributed by atoms with van der Waals surface area (Å²) >= 11 is 0. The minimum absolute atomic E-state index is 0.247. The van der Waals surface area contributed by atoms with Gasteiger partial charge in [0.05, 0.1) is 31.8 Å². The molecule has 11 nitrogen and oxygen atoms in total. The largest absolute Gasteiger partial charge is 0.493 e. The number of rotatable bonds is 18. The number of carbonyl (C=O) groups excluding carboxylic acids is 3. The van der Waals surface area contributed by atoms with Gasteiger partial charge in [-0.3, -0.25) is 14.4 Å². The van der Waals surface area contributed by atoms with Crippen molar-refractivity contribution in [3.8, 4) is 11.5 Å². The number of ketones is 1. The standard InChI is InChI=1S/C33H50O11Si/c1-22(34)41-21-30(43-32(3,4)40-7)28(42-23(2)35)16-14-25(36)31-26(37)17-19-33(31,44-45(8,9)10)18-11-12-24-13-15-27(38-5)29(20-24)39-6/h13-17,19-20,25,28,30-31,36H,11-12,18,21H2,1-10H3/t25?,28-,30+,31?,33?/m0/s1. The number of hydrogen-bond donors (Lipinski definition) is 1. The van der Waals surface area contributed by atoms with Gasteiger partial charge in [0.2, 0.25) is 0 Å². The first-order valence-corrected chi connectivity index (χ1v) is 18.4. The van der Waals surface area contributed by atoms with Crippen LogP contribution in [0, 0.1) is 5.92 Å². The number of esters is 2. The molecule has 0 radical (unpaired) electrons. The van der Waals surface area contributed by atoms with E-state index in [2.05, 4.69) is 0 Å². The van der Waals surface area contributed by atoms with Gasteiger partial charge in [-0.2, -0.15) is 0 Å². The highest BCUT2D eigenvalue weighted by Gasteiger charge is 2.50. The van der Waals surface area contributed by atoms with Crippen LogP contribution in [0.3, 0.4) is 0 Å². The van der Waals surface area contributed by atoms with Gasteiger partial charge in [0, 0.05) is 21.0 Å². The van der Waals surface area contributed by atoms with E-state index in [1.165, 1.54) is 39.2 Å². The van der Waals surface area contributed by atoms with E-state index in [9.17, 15) is 19.5 Å². The summed E-state index contributed by atoms with van der Waals surface area (Å²) < 4.78 is 39.5. The van der Waals surface area contributed by atoms with Crippen LogP contribution in [0.5, 0.6) is 11.5 Å². The van der Waals surface area contributed by atoms with Gasteiger partial charge in [0.25, 0.3) is 0 Å². The van der Waals surface area contributed by atoms with Crippen molar-refractivity contribution in [3.63, 3.8) is 0 Å². The second kappa shape index (κ2) is 16.5. The average Bonchev–Trinajstić information content (AvgIpc) is 3.26. The maximum Gasteiger partial charge on any atom is 0.303 e. The fourth-order valence-electron chi connectivity index (χ4n) is 5.26. The van der Waals surface area contributed by atoms with Gasteiger partial charge in [0.15, 0.2) is 31.4 Å². The van der Waals surface area contributed by atoms with Gasteiger partial charge in [-0.05, 0) is 88.7 Å². The van der Waals surface area contributed by atoms with Crippen LogP contribution in [-0.4, -0.2) is 88.8 Å². The first kappa shape index (κ1) is 38.2. The average molecular weight is 651 g/mol. The lowest BCUT2D eigenvalue weighted by atomic mass is 9.81. The molecule has 5 atom stereocenters. The maximum absolute atomic E-state index is 13.3.